The maximum atomic E-state index is 11.6. The molecule has 1 aliphatic heterocycles. The number of aromatic nitrogens is 1. The van der Waals surface area contributed by atoms with Crippen LogP contribution in [-0.4, -0.2) is 33.0 Å². The number of hydrogen-bond acceptors (Lipinski definition) is 4. The van der Waals surface area contributed by atoms with E-state index in [2.05, 4.69) is 83.3 Å². The molecule has 0 saturated carbocycles. The molecule has 0 radical (unpaired) electrons. The minimum Gasteiger partial charge on any atom is -0.369 e. The number of allylic oxidation sites excluding steroid dienone is 2. The molecule has 3 aromatic rings. The summed E-state index contributed by atoms with van der Waals surface area (Å²) in [5.74, 6) is 0.489. The maximum absolute atomic E-state index is 11.6. The molecule has 0 bridgehead atoms. The highest BCUT2D eigenvalue weighted by Crippen LogP contribution is 2.21. The number of hydrogen-bond donors (Lipinski definition) is 0. The predicted molar refractivity (Wildman–Crippen MR) is 118 cm³/mol. The summed E-state index contributed by atoms with van der Waals surface area (Å²) in [5.41, 5.74) is 3.45. The van der Waals surface area contributed by atoms with Gasteiger partial charge in [0, 0.05) is 30.9 Å². The first-order valence-electron chi connectivity index (χ1n) is 9.30. The monoisotopic (exact) mass is 411 g/mol. The minimum atomic E-state index is -2.84. The van der Waals surface area contributed by atoms with Crippen molar-refractivity contribution in [2.24, 2.45) is 7.05 Å². The van der Waals surface area contributed by atoms with E-state index in [4.69, 9.17) is 0 Å². The van der Waals surface area contributed by atoms with Crippen LogP contribution >= 0.6 is 11.3 Å². The zero-order valence-electron chi connectivity index (χ0n) is 15.8. The Morgan fingerprint density at radius 1 is 0.964 bits per heavy atom. The molecule has 28 heavy (non-hydrogen) atoms. The largest absolute Gasteiger partial charge is 0.369 e. The van der Waals surface area contributed by atoms with E-state index in [1.807, 2.05) is 6.08 Å². The summed E-state index contributed by atoms with van der Waals surface area (Å²) in [4.78, 5) is 2.13. The van der Waals surface area contributed by atoms with Crippen LogP contribution in [0, 0.1) is 0 Å². The molecule has 1 aliphatic rings. The molecule has 0 unspecified atom stereocenters. The third-order valence-corrected chi connectivity index (χ3v) is 7.81. The number of para-hydroxylation sites is 1. The molecule has 4 nitrogen and oxygen atoms in total. The second-order valence-electron chi connectivity index (χ2n) is 6.92. The van der Waals surface area contributed by atoms with Gasteiger partial charge in [-0.15, -0.1) is 0 Å². The number of rotatable bonds is 4. The SMILES string of the molecule is C[n+]1c(/C=C/C=C/c2ccc(N3CCS(=O)(=O)CC3)cc2)sc2ccccc21. The van der Waals surface area contributed by atoms with Gasteiger partial charge in [0.1, 0.15) is 11.7 Å². The fourth-order valence-corrected chi connectivity index (χ4v) is 5.60. The average molecular weight is 412 g/mol. The Morgan fingerprint density at radius 3 is 2.36 bits per heavy atom. The lowest BCUT2D eigenvalue weighted by Gasteiger charge is -2.28. The molecule has 0 atom stereocenters. The first kappa shape index (κ1) is 18.9. The van der Waals surface area contributed by atoms with E-state index in [0.29, 0.717) is 13.1 Å². The van der Waals surface area contributed by atoms with E-state index < -0.39 is 9.84 Å². The van der Waals surface area contributed by atoms with Crippen LogP contribution in [0.15, 0.2) is 60.7 Å². The molecule has 144 valence electrons. The van der Waals surface area contributed by atoms with Crippen LogP contribution in [-0.2, 0) is 16.9 Å². The molecular formula is C22H23N2O2S2+. The molecule has 2 aromatic carbocycles. The molecule has 2 heterocycles. The second kappa shape index (κ2) is 7.89. The summed E-state index contributed by atoms with van der Waals surface area (Å²) in [6.45, 7) is 1.15. The van der Waals surface area contributed by atoms with Crippen molar-refractivity contribution in [3.8, 4) is 0 Å². The minimum absolute atomic E-state index is 0.245. The number of anilines is 1. The number of nitrogens with zero attached hydrogens (tertiary/aromatic N) is 2. The number of benzene rings is 2. The van der Waals surface area contributed by atoms with Crippen LogP contribution in [0.3, 0.4) is 0 Å². The standard InChI is InChI=1S/C22H23N2O2S2/c1-23-20-7-3-4-8-21(20)27-22(23)9-5-2-6-18-10-12-19(13-11-18)24-14-16-28(25,26)17-15-24/h2-13H,14-17H2,1H3/q+1. The molecule has 1 saturated heterocycles. The van der Waals surface area contributed by atoms with Crippen molar-refractivity contribution in [3.05, 3.63) is 71.3 Å². The average Bonchev–Trinajstić information content (AvgIpc) is 3.02. The zero-order chi connectivity index (χ0) is 19.6. The van der Waals surface area contributed by atoms with Gasteiger partial charge in [-0.2, -0.15) is 4.57 Å². The van der Waals surface area contributed by atoms with Crippen LogP contribution in [0.1, 0.15) is 10.6 Å². The Kier molecular flexibility index (Phi) is 5.33. The van der Waals surface area contributed by atoms with E-state index in [1.54, 1.807) is 11.3 Å². The van der Waals surface area contributed by atoms with Gasteiger partial charge in [-0.25, -0.2) is 8.42 Å². The van der Waals surface area contributed by atoms with Gasteiger partial charge < -0.3 is 4.90 Å². The van der Waals surface area contributed by atoms with Crippen molar-refractivity contribution in [3.63, 3.8) is 0 Å². The Labute approximate surface area is 170 Å². The molecule has 0 N–H and O–H groups in total. The molecule has 0 aliphatic carbocycles. The number of thiazole rings is 1. The van der Waals surface area contributed by atoms with Crippen molar-refractivity contribution < 1.29 is 13.0 Å². The lowest BCUT2D eigenvalue weighted by molar-refractivity contribution is -0.642. The van der Waals surface area contributed by atoms with E-state index in [1.165, 1.54) is 15.2 Å². The maximum Gasteiger partial charge on any atom is 0.262 e. The van der Waals surface area contributed by atoms with E-state index >= 15 is 0 Å². The first-order valence-corrected chi connectivity index (χ1v) is 11.9. The van der Waals surface area contributed by atoms with Gasteiger partial charge in [-0.1, -0.05) is 53.8 Å². The quantitative estimate of drug-likeness (QED) is 0.486. The van der Waals surface area contributed by atoms with Crippen LogP contribution < -0.4 is 9.47 Å². The summed E-state index contributed by atoms with van der Waals surface area (Å²) >= 11 is 1.78. The summed E-state index contributed by atoms with van der Waals surface area (Å²) in [6, 6.07) is 16.7. The Bertz CT molecular complexity index is 1130. The van der Waals surface area contributed by atoms with Gasteiger partial charge in [-0.05, 0) is 23.8 Å². The fourth-order valence-electron chi connectivity index (χ4n) is 3.34. The van der Waals surface area contributed by atoms with Gasteiger partial charge in [0.2, 0.25) is 5.52 Å². The van der Waals surface area contributed by atoms with Gasteiger partial charge in [0.15, 0.2) is 9.84 Å². The zero-order valence-corrected chi connectivity index (χ0v) is 17.4. The van der Waals surface area contributed by atoms with E-state index in [0.717, 1.165) is 11.3 Å². The molecule has 6 heteroatoms. The topological polar surface area (TPSA) is 41.3 Å². The summed E-state index contributed by atoms with van der Waals surface area (Å²) in [6.07, 6.45) is 8.32. The van der Waals surface area contributed by atoms with Gasteiger partial charge in [0.25, 0.3) is 5.01 Å². The van der Waals surface area contributed by atoms with Crippen molar-refractivity contribution in [1.82, 2.24) is 0 Å². The molecular weight excluding hydrogens is 388 g/mol. The third-order valence-electron chi connectivity index (χ3n) is 5.01. The lowest BCUT2D eigenvalue weighted by atomic mass is 10.2. The predicted octanol–water partition coefficient (Wildman–Crippen LogP) is 3.69. The van der Waals surface area contributed by atoms with Crippen LogP contribution in [0.4, 0.5) is 5.69 Å². The molecule has 1 aromatic heterocycles. The fraction of sp³-hybridized carbons (Fsp3) is 0.227. The molecule has 1 fully saturated rings. The Hall–Kier alpha value is -2.44. The first-order chi connectivity index (χ1) is 13.5. The van der Waals surface area contributed by atoms with Gasteiger partial charge in [0.05, 0.1) is 11.5 Å². The summed E-state index contributed by atoms with van der Waals surface area (Å²) in [5, 5.41) is 1.21. The summed E-state index contributed by atoms with van der Waals surface area (Å²) < 4.78 is 26.6. The highest BCUT2D eigenvalue weighted by atomic mass is 32.2. The molecule has 0 spiro atoms. The number of fused-ring (bicyclic) bond motifs is 1. The lowest BCUT2D eigenvalue weighted by Crippen LogP contribution is -2.40. The highest BCUT2D eigenvalue weighted by molar-refractivity contribution is 7.91. The van der Waals surface area contributed by atoms with Crippen molar-refractivity contribution in [2.75, 3.05) is 29.5 Å². The molecule has 4 rings (SSSR count). The number of aryl methyl sites for hydroxylation is 1. The number of sulfone groups is 1. The van der Waals surface area contributed by atoms with Crippen LogP contribution in [0.5, 0.6) is 0 Å². The van der Waals surface area contributed by atoms with Crippen LogP contribution in [0.2, 0.25) is 0 Å². The van der Waals surface area contributed by atoms with Crippen molar-refractivity contribution in [1.29, 1.82) is 0 Å². The van der Waals surface area contributed by atoms with Crippen molar-refractivity contribution in [2.45, 2.75) is 0 Å². The van der Waals surface area contributed by atoms with E-state index in [-0.39, 0.29) is 11.5 Å². The third kappa shape index (κ3) is 4.18. The second-order valence-corrected chi connectivity index (χ2v) is 10.3. The Morgan fingerprint density at radius 2 is 1.64 bits per heavy atom. The Balaban J connectivity index is 1.40. The van der Waals surface area contributed by atoms with E-state index in [9.17, 15) is 8.42 Å². The smallest absolute Gasteiger partial charge is 0.262 e. The molecule has 0 amide bonds. The van der Waals surface area contributed by atoms with Crippen LogP contribution in [0.25, 0.3) is 22.4 Å². The normalized spacial score (nSPS) is 17.1. The van der Waals surface area contributed by atoms with Gasteiger partial charge >= 0.3 is 0 Å². The summed E-state index contributed by atoms with van der Waals surface area (Å²) in [7, 11) is -0.753. The van der Waals surface area contributed by atoms with Crippen molar-refractivity contribution >= 4 is 49.2 Å². The highest BCUT2D eigenvalue weighted by Gasteiger charge is 2.21. The van der Waals surface area contributed by atoms with Gasteiger partial charge in [-0.3, -0.25) is 0 Å².